The lowest BCUT2D eigenvalue weighted by molar-refractivity contribution is -0.118. The molecular weight excluding hydrogens is 138 g/mol. The van der Waals surface area contributed by atoms with Crippen LogP contribution in [0, 0.1) is 0 Å². The zero-order chi connectivity index (χ0) is 7.73. The van der Waals surface area contributed by atoms with E-state index in [0.717, 1.165) is 6.42 Å². The summed E-state index contributed by atoms with van der Waals surface area (Å²) in [6.07, 6.45) is 9.57. The first-order chi connectivity index (χ1) is 5.31. The minimum atomic E-state index is 0.0955. The highest BCUT2D eigenvalue weighted by Gasteiger charge is 2.35. The number of carbonyl (C=O) groups excluding carboxylic acids is 1. The summed E-state index contributed by atoms with van der Waals surface area (Å²) < 4.78 is 0. The topological polar surface area (TPSA) is 29.1 Å². The maximum absolute atomic E-state index is 11.0. The van der Waals surface area contributed by atoms with Crippen LogP contribution in [0.4, 0.5) is 0 Å². The number of hydrogen-bond acceptors (Lipinski definition) is 1. The van der Waals surface area contributed by atoms with Gasteiger partial charge in [0.05, 0.1) is 0 Å². The fourth-order valence-corrected chi connectivity index (χ4v) is 2.13. The van der Waals surface area contributed by atoms with Gasteiger partial charge in [-0.2, -0.15) is 0 Å². The number of hydrogen-bond donors (Lipinski definition) is 1. The molecule has 1 heterocycles. The number of amides is 1. The number of nitrogens with one attached hydrogen (secondary N) is 1. The summed E-state index contributed by atoms with van der Waals surface area (Å²) in [5, 5.41) is 3.07. The molecule has 0 aromatic rings. The van der Waals surface area contributed by atoms with Crippen LogP contribution >= 0.6 is 0 Å². The van der Waals surface area contributed by atoms with Gasteiger partial charge in [-0.1, -0.05) is 18.9 Å². The summed E-state index contributed by atoms with van der Waals surface area (Å²) in [5.74, 6) is 0.0955. The van der Waals surface area contributed by atoms with Crippen molar-refractivity contribution in [2.75, 3.05) is 0 Å². The lowest BCUT2D eigenvalue weighted by atomic mass is 9.91. The first-order valence-electron chi connectivity index (χ1n) is 4.30. The third-order valence-corrected chi connectivity index (χ3v) is 2.73. The van der Waals surface area contributed by atoms with Gasteiger partial charge in [-0.3, -0.25) is 4.79 Å². The fraction of sp³-hybridized carbons (Fsp3) is 0.667. The summed E-state index contributed by atoms with van der Waals surface area (Å²) >= 11 is 0. The molecule has 2 nitrogen and oxygen atoms in total. The van der Waals surface area contributed by atoms with E-state index in [9.17, 15) is 4.79 Å². The Labute approximate surface area is 66.7 Å². The molecule has 0 radical (unpaired) electrons. The van der Waals surface area contributed by atoms with Gasteiger partial charge in [-0.15, -0.1) is 0 Å². The van der Waals surface area contributed by atoms with Gasteiger partial charge in [-0.25, -0.2) is 0 Å². The van der Waals surface area contributed by atoms with Crippen molar-refractivity contribution >= 4 is 5.91 Å². The molecule has 0 unspecified atom stereocenters. The van der Waals surface area contributed by atoms with E-state index < -0.39 is 0 Å². The molecular formula is C9H13NO. The molecule has 2 aliphatic rings. The number of rotatable bonds is 0. The van der Waals surface area contributed by atoms with E-state index in [1.54, 1.807) is 6.08 Å². The van der Waals surface area contributed by atoms with Crippen LogP contribution in [-0.2, 0) is 4.79 Å². The summed E-state index contributed by atoms with van der Waals surface area (Å²) in [7, 11) is 0. The second kappa shape index (κ2) is 2.36. The molecule has 0 atom stereocenters. The van der Waals surface area contributed by atoms with Gasteiger partial charge >= 0.3 is 0 Å². The molecule has 2 heteroatoms. The molecule has 1 aliphatic heterocycles. The Balaban J connectivity index is 2.15. The van der Waals surface area contributed by atoms with Crippen LogP contribution in [0.1, 0.15) is 32.1 Å². The Morgan fingerprint density at radius 2 is 2.09 bits per heavy atom. The van der Waals surface area contributed by atoms with E-state index in [-0.39, 0.29) is 11.4 Å². The molecule has 1 N–H and O–H groups in total. The van der Waals surface area contributed by atoms with Crippen molar-refractivity contribution in [3.63, 3.8) is 0 Å². The highest BCUT2D eigenvalue weighted by Crippen LogP contribution is 2.34. The van der Waals surface area contributed by atoms with Crippen molar-refractivity contribution in [1.29, 1.82) is 0 Å². The quantitative estimate of drug-likeness (QED) is 0.556. The molecule has 0 saturated heterocycles. The summed E-state index contributed by atoms with van der Waals surface area (Å²) in [4.78, 5) is 11.0. The van der Waals surface area contributed by atoms with Gasteiger partial charge in [0.25, 0.3) is 0 Å². The monoisotopic (exact) mass is 151 g/mol. The number of carbonyl (C=O) groups is 1. The van der Waals surface area contributed by atoms with E-state index in [1.807, 2.05) is 6.08 Å². The van der Waals surface area contributed by atoms with Gasteiger partial charge < -0.3 is 5.32 Å². The lowest BCUT2D eigenvalue weighted by Crippen LogP contribution is -2.47. The highest BCUT2D eigenvalue weighted by atomic mass is 16.1. The Hall–Kier alpha value is -0.790. The van der Waals surface area contributed by atoms with E-state index in [0.29, 0.717) is 0 Å². The molecule has 2 rings (SSSR count). The lowest BCUT2D eigenvalue weighted by Gasteiger charge is -2.31. The summed E-state index contributed by atoms with van der Waals surface area (Å²) in [6, 6.07) is 0. The molecule has 1 amide bonds. The summed E-state index contributed by atoms with van der Waals surface area (Å²) in [6.45, 7) is 0. The first kappa shape index (κ1) is 6.89. The first-order valence-corrected chi connectivity index (χ1v) is 4.30. The van der Waals surface area contributed by atoms with Crippen molar-refractivity contribution < 1.29 is 4.79 Å². The van der Waals surface area contributed by atoms with Crippen molar-refractivity contribution in [3.8, 4) is 0 Å². The van der Waals surface area contributed by atoms with E-state index in [2.05, 4.69) is 5.32 Å². The predicted octanol–water partition coefficient (Wildman–Crippen LogP) is 1.38. The minimum absolute atomic E-state index is 0.0955. The third-order valence-electron chi connectivity index (χ3n) is 2.73. The van der Waals surface area contributed by atoms with Crippen LogP contribution in [0.2, 0.25) is 0 Å². The largest absolute Gasteiger partial charge is 0.347 e. The minimum Gasteiger partial charge on any atom is -0.347 e. The third kappa shape index (κ3) is 1.17. The standard InChI is InChI=1S/C9H13NO/c11-8-4-3-7-9(10-8)5-1-2-6-9/h3-4H,1-2,5-7H2,(H,10,11). The van der Waals surface area contributed by atoms with Crippen molar-refractivity contribution in [1.82, 2.24) is 5.32 Å². The van der Waals surface area contributed by atoms with Gasteiger partial charge in [0.2, 0.25) is 5.91 Å². The maximum atomic E-state index is 11.0. The van der Waals surface area contributed by atoms with Crippen LogP contribution < -0.4 is 5.32 Å². The second-order valence-corrected chi connectivity index (χ2v) is 3.58. The van der Waals surface area contributed by atoms with Crippen molar-refractivity contribution in [3.05, 3.63) is 12.2 Å². The molecule has 1 fully saturated rings. The average molecular weight is 151 g/mol. The van der Waals surface area contributed by atoms with Crippen LogP contribution in [0.3, 0.4) is 0 Å². The Bertz CT molecular complexity index is 202. The molecule has 0 aromatic carbocycles. The van der Waals surface area contributed by atoms with Crippen LogP contribution in [-0.4, -0.2) is 11.4 Å². The molecule has 0 aromatic heterocycles. The normalized spacial score (nSPS) is 27.5. The molecule has 60 valence electrons. The second-order valence-electron chi connectivity index (χ2n) is 3.58. The molecule has 0 bridgehead atoms. The van der Waals surface area contributed by atoms with Crippen LogP contribution in [0.15, 0.2) is 12.2 Å². The predicted molar refractivity (Wildman–Crippen MR) is 43.1 cm³/mol. The molecule has 11 heavy (non-hydrogen) atoms. The van der Waals surface area contributed by atoms with E-state index >= 15 is 0 Å². The van der Waals surface area contributed by atoms with Crippen molar-refractivity contribution in [2.24, 2.45) is 0 Å². The van der Waals surface area contributed by atoms with E-state index in [1.165, 1.54) is 25.7 Å². The zero-order valence-corrected chi connectivity index (χ0v) is 6.60. The van der Waals surface area contributed by atoms with Crippen LogP contribution in [0.5, 0.6) is 0 Å². The van der Waals surface area contributed by atoms with Gasteiger partial charge in [-0.05, 0) is 25.3 Å². The highest BCUT2D eigenvalue weighted by molar-refractivity contribution is 5.89. The fourth-order valence-electron chi connectivity index (χ4n) is 2.13. The molecule has 1 spiro atoms. The smallest absolute Gasteiger partial charge is 0.244 e. The van der Waals surface area contributed by atoms with E-state index in [4.69, 9.17) is 0 Å². The average Bonchev–Trinajstić information content (AvgIpc) is 2.37. The van der Waals surface area contributed by atoms with Crippen LogP contribution in [0.25, 0.3) is 0 Å². The SMILES string of the molecule is O=C1C=CCC2(CCCC2)N1. The Kier molecular flexibility index (Phi) is 1.48. The molecule has 1 saturated carbocycles. The zero-order valence-electron chi connectivity index (χ0n) is 6.60. The van der Waals surface area contributed by atoms with Gasteiger partial charge in [0.1, 0.15) is 0 Å². The summed E-state index contributed by atoms with van der Waals surface area (Å²) in [5.41, 5.74) is 0.159. The van der Waals surface area contributed by atoms with Gasteiger partial charge in [0.15, 0.2) is 0 Å². The van der Waals surface area contributed by atoms with Gasteiger partial charge in [0, 0.05) is 5.54 Å². The Morgan fingerprint density at radius 3 is 2.73 bits per heavy atom. The van der Waals surface area contributed by atoms with Crippen molar-refractivity contribution in [2.45, 2.75) is 37.6 Å². The Morgan fingerprint density at radius 1 is 1.36 bits per heavy atom. The maximum Gasteiger partial charge on any atom is 0.244 e. The molecule has 1 aliphatic carbocycles.